The van der Waals surface area contributed by atoms with Gasteiger partial charge in [-0.3, -0.25) is 14.5 Å². The second-order valence-corrected chi connectivity index (χ2v) is 10.8. The van der Waals surface area contributed by atoms with Crippen LogP contribution in [0.3, 0.4) is 0 Å². The largest absolute Gasteiger partial charge is 0.342 e. The second-order valence-electron chi connectivity index (χ2n) is 9.22. The molecule has 34 heavy (non-hydrogen) atoms. The Morgan fingerprint density at radius 1 is 0.912 bits per heavy atom. The van der Waals surface area contributed by atoms with Gasteiger partial charge in [0.05, 0.1) is 10.8 Å². The first kappa shape index (κ1) is 24.4. The van der Waals surface area contributed by atoms with Crippen molar-refractivity contribution >= 4 is 27.5 Å². The van der Waals surface area contributed by atoms with Gasteiger partial charge >= 0.3 is 0 Å². The fourth-order valence-electron chi connectivity index (χ4n) is 4.83. The minimum atomic E-state index is -3.76. The van der Waals surface area contributed by atoms with E-state index in [-0.39, 0.29) is 28.5 Å². The van der Waals surface area contributed by atoms with Crippen LogP contribution in [0.25, 0.3) is 0 Å². The molecule has 3 N–H and O–H groups in total. The summed E-state index contributed by atoms with van der Waals surface area (Å²) in [6.45, 7) is 3.82. The van der Waals surface area contributed by atoms with Crippen LogP contribution in [-0.2, 0) is 26.2 Å². The van der Waals surface area contributed by atoms with E-state index in [0.29, 0.717) is 31.6 Å². The molecule has 0 aromatic heterocycles. The van der Waals surface area contributed by atoms with Crippen LogP contribution in [0.15, 0.2) is 59.5 Å². The van der Waals surface area contributed by atoms with Crippen molar-refractivity contribution in [1.29, 1.82) is 0 Å². The number of likely N-dealkylation sites (tertiary alicyclic amines) is 2. The number of carbonyl (C=O) groups excluding carboxylic acids is 2. The van der Waals surface area contributed by atoms with E-state index in [1.165, 1.54) is 29.8 Å². The molecule has 182 valence electrons. The van der Waals surface area contributed by atoms with Crippen molar-refractivity contribution in [2.24, 2.45) is 17.0 Å². The first-order chi connectivity index (χ1) is 16.3. The Kier molecular flexibility index (Phi) is 7.65. The van der Waals surface area contributed by atoms with Crippen molar-refractivity contribution in [3.63, 3.8) is 0 Å². The smallest absolute Gasteiger partial charge is 0.238 e. The minimum absolute atomic E-state index is 0.00219. The Hall–Kier alpha value is -2.75. The number of piperidine rings is 2. The van der Waals surface area contributed by atoms with Gasteiger partial charge in [-0.1, -0.05) is 30.3 Å². The van der Waals surface area contributed by atoms with Crippen molar-refractivity contribution < 1.29 is 18.0 Å². The molecule has 2 fully saturated rings. The average Bonchev–Trinajstić information content (AvgIpc) is 2.84. The van der Waals surface area contributed by atoms with Crippen molar-refractivity contribution in [1.82, 2.24) is 9.80 Å². The van der Waals surface area contributed by atoms with Crippen LogP contribution >= 0.6 is 0 Å². The molecule has 2 heterocycles. The van der Waals surface area contributed by atoms with E-state index in [1.54, 1.807) is 0 Å². The monoisotopic (exact) mass is 484 g/mol. The average molecular weight is 485 g/mol. The molecule has 4 rings (SSSR count). The lowest BCUT2D eigenvalue weighted by Crippen LogP contribution is -2.48. The van der Waals surface area contributed by atoms with Crippen LogP contribution in [-0.4, -0.2) is 56.2 Å². The summed E-state index contributed by atoms with van der Waals surface area (Å²) in [5, 5.41) is 7.95. The summed E-state index contributed by atoms with van der Waals surface area (Å²) >= 11 is 0. The predicted molar refractivity (Wildman–Crippen MR) is 130 cm³/mol. The lowest BCUT2D eigenvalue weighted by Gasteiger charge is -2.37. The number of rotatable bonds is 6. The number of anilines is 1. The van der Waals surface area contributed by atoms with Crippen LogP contribution in [0, 0.1) is 11.8 Å². The molecule has 0 bridgehead atoms. The number of primary sulfonamides is 1. The molecular weight excluding hydrogens is 452 g/mol. The summed E-state index contributed by atoms with van der Waals surface area (Å²) in [6.07, 6.45) is 3.17. The van der Waals surface area contributed by atoms with E-state index in [2.05, 4.69) is 22.3 Å². The maximum Gasteiger partial charge on any atom is 0.238 e. The van der Waals surface area contributed by atoms with E-state index < -0.39 is 10.0 Å². The Morgan fingerprint density at radius 3 is 2.24 bits per heavy atom. The second kappa shape index (κ2) is 10.7. The van der Waals surface area contributed by atoms with Crippen LogP contribution in [0.5, 0.6) is 0 Å². The van der Waals surface area contributed by atoms with Gasteiger partial charge in [0, 0.05) is 37.8 Å². The number of nitrogens with one attached hydrogen (secondary N) is 1. The number of carbonyl (C=O) groups is 2. The Bertz CT molecular complexity index is 1100. The van der Waals surface area contributed by atoms with Crippen LogP contribution in [0.1, 0.15) is 31.2 Å². The summed E-state index contributed by atoms with van der Waals surface area (Å²) in [5.41, 5.74) is 1.79. The van der Waals surface area contributed by atoms with Gasteiger partial charge in [0.15, 0.2) is 0 Å². The van der Waals surface area contributed by atoms with Crippen LogP contribution in [0.4, 0.5) is 5.69 Å². The normalized spacial score (nSPS) is 20.1. The first-order valence-corrected chi connectivity index (χ1v) is 13.3. The number of nitrogens with two attached hydrogens (primary N) is 1. The van der Waals surface area contributed by atoms with Crippen molar-refractivity contribution in [3.05, 3.63) is 60.2 Å². The fraction of sp³-hybridized carbons (Fsp3) is 0.440. The molecule has 9 heteroatoms. The van der Waals surface area contributed by atoms with Crippen molar-refractivity contribution in [2.75, 3.05) is 31.5 Å². The first-order valence-electron chi connectivity index (χ1n) is 11.8. The van der Waals surface area contributed by atoms with E-state index in [0.717, 1.165) is 32.5 Å². The molecule has 1 unspecified atom stereocenters. The number of hydrogen-bond donors (Lipinski definition) is 2. The molecule has 8 nitrogen and oxygen atoms in total. The summed E-state index contributed by atoms with van der Waals surface area (Å²) in [5.74, 6) is -0.0690. The third-order valence-electron chi connectivity index (χ3n) is 6.73. The highest BCUT2D eigenvalue weighted by molar-refractivity contribution is 7.89. The zero-order chi connectivity index (χ0) is 24.1. The zero-order valence-electron chi connectivity index (χ0n) is 19.2. The number of benzene rings is 2. The van der Waals surface area contributed by atoms with Crippen LogP contribution in [0.2, 0.25) is 0 Å². The molecular formula is C25H32N4O4S. The SMILES string of the molecule is NS(=O)(=O)c1ccc(NC(=O)C2CCN(C(=O)C3CCCN(Cc4ccccc4)C3)CC2)cc1. The molecule has 2 saturated heterocycles. The van der Waals surface area contributed by atoms with Crippen molar-refractivity contribution in [3.8, 4) is 0 Å². The van der Waals surface area contributed by atoms with Gasteiger partial charge in [-0.25, -0.2) is 13.6 Å². The van der Waals surface area contributed by atoms with E-state index in [4.69, 9.17) is 5.14 Å². The fourth-order valence-corrected chi connectivity index (χ4v) is 5.35. The Balaban J connectivity index is 1.25. The molecule has 2 amide bonds. The summed E-state index contributed by atoms with van der Waals surface area (Å²) in [6, 6.07) is 16.1. The molecule has 2 aromatic carbocycles. The van der Waals surface area contributed by atoms with Gasteiger partial charge in [-0.2, -0.15) is 0 Å². The molecule has 0 aliphatic carbocycles. The standard InChI is InChI=1S/C25H32N4O4S/c26-34(32,33)23-10-8-22(9-11-23)27-24(30)20-12-15-29(16-13-20)25(31)21-7-4-14-28(18-21)17-19-5-2-1-3-6-19/h1-3,5-6,8-11,20-21H,4,7,12-18H2,(H,27,30)(H2,26,32,33). The van der Waals surface area contributed by atoms with Gasteiger partial charge in [-0.15, -0.1) is 0 Å². The molecule has 2 aliphatic rings. The van der Waals surface area contributed by atoms with Crippen LogP contribution < -0.4 is 10.5 Å². The number of nitrogens with zero attached hydrogens (tertiary/aromatic N) is 2. The molecule has 0 saturated carbocycles. The highest BCUT2D eigenvalue weighted by Crippen LogP contribution is 2.25. The Morgan fingerprint density at radius 2 is 1.59 bits per heavy atom. The topological polar surface area (TPSA) is 113 Å². The summed E-state index contributed by atoms with van der Waals surface area (Å²) < 4.78 is 22.7. The quantitative estimate of drug-likeness (QED) is 0.654. The number of sulfonamides is 1. The molecule has 0 spiro atoms. The molecule has 1 atom stereocenters. The molecule has 0 radical (unpaired) electrons. The van der Waals surface area contributed by atoms with E-state index >= 15 is 0 Å². The number of amides is 2. The minimum Gasteiger partial charge on any atom is -0.342 e. The third kappa shape index (κ3) is 6.22. The Labute approximate surface area is 201 Å². The van der Waals surface area contributed by atoms with E-state index in [1.807, 2.05) is 23.1 Å². The lowest BCUT2D eigenvalue weighted by molar-refractivity contribution is -0.140. The van der Waals surface area contributed by atoms with Gasteiger partial charge < -0.3 is 10.2 Å². The predicted octanol–water partition coefficient (Wildman–Crippen LogP) is 2.42. The highest BCUT2D eigenvalue weighted by atomic mass is 32.2. The maximum absolute atomic E-state index is 13.2. The van der Waals surface area contributed by atoms with Gasteiger partial charge in [0.2, 0.25) is 21.8 Å². The molecule has 2 aromatic rings. The summed E-state index contributed by atoms with van der Waals surface area (Å²) in [7, 11) is -3.76. The van der Waals surface area contributed by atoms with Crippen molar-refractivity contribution in [2.45, 2.75) is 37.1 Å². The zero-order valence-corrected chi connectivity index (χ0v) is 20.0. The van der Waals surface area contributed by atoms with Gasteiger partial charge in [-0.05, 0) is 62.1 Å². The molecule has 2 aliphatic heterocycles. The van der Waals surface area contributed by atoms with Gasteiger partial charge in [0.1, 0.15) is 0 Å². The number of hydrogen-bond acceptors (Lipinski definition) is 5. The van der Waals surface area contributed by atoms with E-state index in [9.17, 15) is 18.0 Å². The third-order valence-corrected chi connectivity index (χ3v) is 7.66. The summed E-state index contributed by atoms with van der Waals surface area (Å²) in [4.78, 5) is 30.1. The lowest BCUT2D eigenvalue weighted by atomic mass is 9.92. The van der Waals surface area contributed by atoms with Gasteiger partial charge in [0.25, 0.3) is 0 Å². The maximum atomic E-state index is 13.2. The highest BCUT2D eigenvalue weighted by Gasteiger charge is 2.33.